The fraction of sp³-hybridized carbons (Fsp3) is 0.837. The number of aliphatic hydroxyl groups is 5. The van der Waals surface area contributed by atoms with E-state index in [4.69, 9.17) is 9.47 Å². The van der Waals surface area contributed by atoms with Gasteiger partial charge >= 0.3 is 0 Å². The van der Waals surface area contributed by atoms with Crippen molar-refractivity contribution in [1.29, 1.82) is 0 Å². The predicted molar refractivity (Wildman–Crippen MR) is 212 cm³/mol. The number of hydrogen-bond donors (Lipinski definition) is 6. The van der Waals surface area contributed by atoms with Crippen LogP contribution in [0.3, 0.4) is 0 Å². The van der Waals surface area contributed by atoms with E-state index in [1.807, 2.05) is 6.08 Å². The molecule has 1 heterocycles. The molecule has 6 N–H and O–H groups in total. The molecule has 9 heteroatoms. The molecule has 1 aliphatic heterocycles. The first kappa shape index (κ1) is 48.4. The van der Waals surface area contributed by atoms with E-state index in [-0.39, 0.29) is 12.5 Å². The van der Waals surface area contributed by atoms with Crippen LogP contribution in [0.5, 0.6) is 0 Å². The highest BCUT2D eigenvalue weighted by molar-refractivity contribution is 5.76. The molecular formula is C43H79NO8. The van der Waals surface area contributed by atoms with Crippen molar-refractivity contribution in [2.24, 2.45) is 0 Å². The molecule has 1 fully saturated rings. The van der Waals surface area contributed by atoms with E-state index < -0.39 is 49.5 Å². The highest BCUT2D eigenvalue weighted by Gasteiger charge is 2.44. The largest absolute Gasteiger partial charge is 0.394 e. The molecule has 9 nitrogen and oxygen atoms in total. The van der Waals surface area contributed by atoms with Gasteiger partial charge in [-0.3, -0.25) is 4.79 Å². The van der Waals surface area contributed by atoms with Crippen LogP contribution in [0.1, 0.15) is 174 Å². The van der Waals surface area contributed by atoms with Crippen molar-refractivity contribution < 1.29 is 39.8 Å². The lowest BCUT2D eigenvalue weighted by atomic mass is 9.99. The van der Waals surface area contributed by atoms with Crippen LogP contribution in [0.25, 0.3) is 0 Å². The van der Waals surface area contributed by atoms with Gasteiger partial charge in [-0.1, -0.05) is 147 Å². The molecule has 52 heavy (non-hydrogen) atoms. The van der Waals surface area contributed by atoms with Crippen molar-refractivity contribution in [3.63, 3.8) is 0 Å². The van der Waals surface area contributed by atoms with Gasteiger partial charge in [0.2, 0.25) is 5.91 Å². The molecule has 7 atom stereocenters. The van der Waals surface area contributed by atoms with Crippen LogP contribution in [-0.4, -0.2) is 87.5 Å². The topological polar surface area (TPSA) is 149 Å². The van der Waals surface area contributed by atoms with E-state index in [0.717, 1.165) is 51.4 Å². The molecule has 304 valence electrons. The van der Waals surface area contributed by atoms with Gasteiger partial charge in [-0.15, -0.1) is 0 Å². The number of rotatable bonds is 34. The molecule has 0 saturated carbocycles. The Morgan fingerprint density at radius 1 is 0.635 bits per heavy atom. The third-order valence-corrected chi connectivity index (χ3v) is 9.94. The quantitative estimate of drug-likeness (QED) is 0.0287. The smallest absolute Gasteiger partial charge is 0.220 e. The Morgan fingerprint density at radius 3 is 1.62 bits per heavy atom. The van der Waals surface area contributed by atoms with Gasteiger partial charge in [-0.25, -0.2) is 0 Å². The van der Waals surface area contributed by atoms with Crippen LogP contribution < -0.4 is 5.32 Å². The van der Waals surface area contributed by atoms with Crippen LogP contribution >= 0.6 is 0 Å². The minimum absolute atomic E-state index is 0.194. The highest BCUT2D eigenvalue weighted by Crippen LogP contribution is 2.22. The number of carbonyl (C=O) groups excluding carboxylic acids is 1. The van der Waals surface area contributed by atoms with Gasteiger partial charge in [0, 0.05) is 6.42 Å². The molecule has 1 amide bonds. The summed E-state index contributed by atoms with van der Waals surface area (Å²) in [7, 11) is 0. The first-order chi connectivity index (χ1) is 25.3. The molecule has 0 radical (unpaired) electrons. The van der Waals surface area contributed by atoms with E-state index >= 15 is 0 Å². The Balaban J connectivity index is 2.41. The zero-order valence-electron chi connectivity index (χ0n) is 33.1. The minimum Gasteiger partial charge on any atom is -0.394 e. The van der Waals surface area contributed by atoms with Gasteiger partial charge in [-0.2, -0.15) is 0 Å². The number of amides is 1. The van der Waals surface area contributed by atoms with Crippen LogP contribution in [-0.2, 0) is 14.3 Å². The number of unbranched alkanes of at least 4 members (excludes halogenated alkanes) is 20. The number of nitrogens with one attached hydrogen (secondary N) is 1. The summed E-state index contributed by atoms with van der Waals surface area (Å²) < 4.78 is 11.2. The lowest BCUT2D eigenvalue weighted by molar-refractivity contribution is -0.302. The summed E-state index contributed by atoms with van der Waals surface area (Å²) in [5.41, 5.74) is 0. The Morgan fingerprint density at radius 2 is 1.10 bits per heavy atom. The zero-order chi connectivity index (χ0) is 38.1. The van der Waals surface area contributed by atoms with Crippen molar-refractivity contribution in [3.05, 3.63) is 36.5 Å². The second kappa shape index (κ2) is 33.9. The van der Waals surface area contributed by atoms with Crippen LogP contribution in [0.2, 0.25) is 0 Å². The van der Waals surface area contributed by atoms with Crippen molar-refractivity contribution >= 4 is 5.91 Å². The normalized spacial score (nSPS) is 22.2. The van der Waals surface area contributed by atoms with Gasteiger partial charge in [0.15, 0.2) is 6.29 Å². The van der Waals surface area contributed by atoms with Crippen molar-refractivity contribution in [1.82, 2.24) is 5.32 Å². The van der Waals surface area contributed by atoms with Crippen LogP contribution in [0.4, 0.5) is 0 Å². The van der Waals surface area contributed by atoms with Crippen molar-refractivity contribution in [2.45, 2.75) is 217 Å². The third kappa shape index (κ3) is 24.7. The second-order valence-electron chi connectivity index (χ2n) is 14.8. The molecule has 0 spiro atoms. The van der Waals surface area contributed by atoms with Gasteiger partial charge in [-0.05, 0) is 57.8 Å². The molecule has 7 unspecified atom stereocenters. The second-order valence-corrected chi connectivity index (χ2v) is 14.8. The van der Waals surface area contributed by atoms with Gasteiger partial charge < -0.3 is 40.3 Å². The molecule has 1 aliphatic rings. The highest BCUT2D eigenvalue weighted by atomic mass is 16.7. The maximum atomic E-state index is 12.9. The molecule has 0 aromatic heterocycles. The molecule has 1 rings (SSSR count). The summed E-state index contributed by atoms with van der Waals surface area (Å²) in [6, 6.07) is -0.820. The monoisotopic (exact) mass is 738 g/mol. The van der Waals surface area contributed by atoms with Gasteiger partial charge in [0.25, 0.3) is 0 Å². The number of hydrogen-bond acceptors (Lipinski definition) is 8. The van der Waals surface area contributed by atoms with Crippen molar-refractivity contribution in [2.75, 3.05) is 13.2 Å². The minimum atomic E-state index is -1.57. The number of allylic oxidation sites excluding steroid dienone is 5. The van der Waals surface area contributed by atoms with E-state index in [1.165, 1.54) is 103 Å². The number of aliphatic hydroxyl groups excluding tert-OH is 5. The van der Waals surface area contributed by atoms with E-state index in [9.17, 15) is 30.3 Å². The maximum Gasteiger partial charge on any atom is 0.220 e. The molecule has 0 aromatic carbocycles. The lowest BCUT2D eigenvalue weighted by Gasteiger charge is -2.40. The van der Waals surface area contributed by atoms with E-state index in [1.54, 1.807) is 6.08 Å². The molecule has 0 aliphatic carbocycles. The fourth-order valence-corrected chi connectivity index (χ4v) is 6.46. The SMILES string of the molecule is CCCCCCCC/C=C\CCCCCCCCCC(=O)NC(COC1OC(CO)C(O)C(O)C1O)C(O)/C=C/CC/C=C/CCCCCCCC. The maximum absolute atomic E-state index is 12.9. The zero-order valence-corrected chi connectivity index (χ0v) is 33.1. The van der Waals surface area contributed by atoms with Gasteiger partial charge in [0.05, 0.1) is 25.4 Å². The van der Waals surface area contributed by atoms with E-state index in [0.29, 0.717) is 6.42 Å². The average Bonchev–Trinajstić information content (AvgIpc) is 3.14. The van der Waals surface area contributed by atoms with Gasteiger partial charge in [0.1, 0.15) is 24.4 Å². The average molecular weight is 738 g/mol. The third-order valence-electron chi connectivity index (χ3n) is 9.94. The number of carbonyl (C=O) groups is 1. The molecule has 0 bridgehead atoms. The molecule has 1 saturated heterocycles. The van der Waals surface area contributed by atoms with E-state index in [2.05, 4.69) is 43.5 Å². The summed E-state index contributed by atoms with van der Waals surface area (Å²) in [6.07, 6.45) is 33.3. The van der Waals surface area contributed by atoms with Crippen LogP contribution in [0.15, 0.2) is 36.5 Å². The first-order valence-corrected chi connectivity index (χ1v) is 21.2. The molecule has 0 aromatic rings. The first-order valence-electron chi connectivity index (χ1n) is 21.2. The molecular weight excluding hydrogens is 658 g/mol. The Hall–Kier alpha value is -1.59. The standard InChI is InChI=1S/C43H79NO8/c1-3-5-7-9-11-13-15-17-18-19-20-21-23-25-27-29-31-33-39(47)44-36(35-51-43-42(50)41(49)40(48)38(34-45)52-43)37(46)32-30-28-26-24-22-16-14-12-10-8-6-4-2/h17-18,22,24,30,32,36-38,40-43,45-46,48-50H,3-16,19-21,23,25-29,31,33-35H2,1-2H3,(H,44,47)/b18-17-,24-22+,32-30+. The summed E-state index contributed by atoms with van der Waals surface area (Å²) in [6.45, 7) is 3.71. The Bertz CT molecular complexity index is 910. The summed E-state index contributed by atoms with van der Waals surface area (Å²) >= 11 is 0. The Labute approximate surface area is 317 Å². The predicted octanol–water partition coefficient (Wildman–Crippen LogP) is 8.11. The van der Waals surface area contributed by atoms with Crippen LogP contribution in [0, 0.1) is 0 Å². The number of ether oxygens (including phenoxy) is 2. The lowest BCUT2D eigenvalue weighted by Crippen LogP contribution is -2.60. The van der Waals surface area contributed by atoms with Crippen molar-refractivity contribution in [3.8, 4) is 0 Å². The Kier molecular flexibility index (Phi) is 31.6. The summed E-state index contributed by atoms with van der Waals surface area (Å²) in [5, 5.41) is 54.0. The summed E-state index contributed by atoms with van der Waals surface area (Å²) in [5.74, 6) is -0.194. The fourth-order valence-electron chi connectivity index (χ4n) is 6.46. The summed E-state index contributed by atoms with van der Waals surface area (Å²) in [4.78, 5) is 12.9.